The number of nitrogens with zero attached hydrogens (tertiary/aromatic N) is 3. The average molecular weight is 286 g/mol. The SMILES string of the molecule is Cc1cccc(-n2c(C)nc3cc(Cl)ccc3c2=O)n1. The van der Waals surface area contributed by atoms with E-state index in [9.17, 15) is 4.79 Å². The summed E-state index contributed by atoms with van der Waals surface area (Å²) in [6.45, 7) is 3.67. The van der Waals surface area contributed by atoms with Crippen LogP contribution in [0.15, 0.2) is 41.2 Å². The van der Waals surface area contributed by atoms with Crippen LogP contribution < -0.4 is 5.56 Å². The number of aromatic nitrogens is 3. The normalized spacial score (nSPS) is 10.9. The number of benzene rings is 1. The summed E-state index contributed by atoms with van der Waals surface area (Å²) in [7, 11) is 0. The summed E-state index contributed by atoms with van der Waals surface area (Å²) in [6.07, 6.45) is 0. The number of rotatable bonds is 1. The Kier molecular flexibility index (Phi) is 3.03. The quantitative estimate of drug-likeness (QED) is 0.690. The first-order valence-corrected chi connectivity index (χ1v) is 6.57. The van der Waals surface area contributed by atoms with Crippen LogP contribution in [0.4, 0.5) is 0 Å². The molecule has 0 N–H and O–H groups in total. The highest BCUT2D eigenvalue weighted by molar-refractivity contribution is 6.31. The predicted molar refractivity (Wildman–Crippen MR) is 79.6 cm³/mol. The second-order valence-corrected chi connectivity index (χ2v) is 5.03. The summed E-state index contributed by atoms with van der Waals surface area (Å²) in [4.78, 5) is 21.4. The molecule has 0 spiro atoms. The van der Waals surface area contributed by atoms with Gasteiger partial charge in [-0.1, -0.05) is 17.7 Å². The minimum atomic E-state index is -0.137. The van der Waals surface area contributed by atoms with Crippen molar-refractivity contribution >= 4 is 22.5 Å². The molecule has 3 aromatic rings. The minimum Gasteiger partial charge on any atom is -0.268 e. The van der Waals surface area contributed by atoms with Crippen LogP contribution in [0, 0.1) is 13.8 Å². The number of fused-ring (bicyclic) bond motifs is 1. The Balaban J connectivity index is 2.37. The lowest BCUT2D eigenvalue weighted by molar-refractivity contribution is 0.858. The molecule has 0 radical (unpaired) electrons. The number of hydrogen-bond acceptors (Lipinski definition) is 3. The van der Waals surface area contributed by atoms with Crippen molar-refractivity contribution in [2.45, 2.75) is 13.8 Å². The summed E-state index contributed by atoms with van der Waals surface area (Å²) >= 11 is 5.94. The van der Waals surface area contributed by atoms with Gasteiger partial charge in [0.05, 0.1) is 10.9 Å². The molecule has 0 saturated heterocycles. The zero-order chi connectivity index (χ0) is 14.3. The number of hydrogen-bond donors (Lipinski definition) is 0. The largest absolute Gasteiger partial charge is 0.268 e. The maximum atomic E-state index is 12.6. The standard InChI is InChI=1S/C15H12ClN3O/c1-9-4-3-5-14(17-9)19-10(2)18-13-8-11(16)6-7-12(13)15(19)20/h3-8H,1-2H3. The molecule has 0 fully saturated rings. The van der Waals surface area contributed by atoms with Crippen molar-refractivity contribution in [2.75, 3.05) is 0 Å². The molecule has 100 valence electrons. The summed E-state index contributed by atoms with van der Waals surface area (Å²) in [5.41, 5.74) is 1.32. The molecule has 3 rings (SSSR count). The molecule has 0 saturated carbocycles. The molecule has 4 nitrogen and oxygen atoms in total. The van der Waals surface area contributed by atoms with Gasteiger partial charge in [-0.15, -0.1) is 0 Å². The van der Waals surface area contributed by atoms with Gasteiger partial charge in [-0.3, -0.25) is 4.79 Å². The van der Waals surface area contributed by atoms with Crippen LogP contribution in [0.5, 0.6) is 0 Å². The Labute approximate surface area is 120 Å². The Bertz CT molecular complexity index is 871. The predicted octanol–water partition coefficient (Wildman–Crippen LogP) is 3.05. The number of halogens is 1. The van der Waals surface area contributed by atoms with Gasteiger partial charge in [0.2, 0.25) is 0 Å². The third kappa shape index (κ3) is 2.08. The molecule has 0 unspecified atom stereocenters. The van der Waals surface area contributed by atoms with Crippen molar-refractivity contribution in [1.82, 2.24) is 14.5 Å². The van der Waals surface area contributed by atoms with Crippen LogP contribution in [0.1, 0.15) is 11.5 Å². The number of aryl methyl sites for hydroxylation is 2. The lowest BCUT2D eigenvalue weighted by atomic mass is 10.2. The van der Waals surface area contributed by atoms with Gasteiger partial charge in [-0.05, 0) is 44.2 Å². The second-order valence-electron chi connectivity index (χ2n) is 4.60. The smallest absolute Gasteiger partial charge is 0.267 e. The highest BCUT2D eigenvalue weighted by Gasteiger charge is 2.11. The minimum absolute atomic E-state index is 0.137. The van der Waals surface area contributed by atoms with Gasteiger partial charge in [0, 0.05) is 10.7 Å². The molecule has 0 aliphatic rings. The van der Waals surface area contributed by atoms with E-state index >= 15 is 0 Å². The molecule has 2 heterocycles. The van der Waals surface area contributed by atoms with Crippen LogP contribution in [-0.4, -0.2) is 14.5 Å². The zero-order valence-corrected chi connectivity index (χ0v) is 11.8. The molecule has 0 aliphatic heterocycles. The molecule has 0 bridgehead atoms. The van der Waals surface area contributed by atoms with E-state index in [2.05, 4.69) is 9.97 Å². The summed E-state index contributed by atoms with van der Waals surface area (Å²) < 4.78 is 1.52. The van der Waals surface area contributed by atoms with Crippen molar-refractivity contribution < 1.29 is 0 Å². The van der Waals surface area contributed by atoms with E-state index in [1.807, 2.05) is 19.1 Å². The van der Waals surface area contributed by atoms with Gasteiger partial charge in [0.1, 0.15) is 11.6 Å². The summed E-state index contributed by atoms with van der Waals surface area (Å²) in [6, 6.07) is 10.6. The molecule has 2 aromatic heterocycles. The fraction of sp³-hybridized carbons (Fsp3) is 0.133. The molecular formula is C15H12ClN3O. The topological polar surface area (TPSA) is 47.8 Å². The third-order valence-electron chi connectivity index (χ3n) is 3.10. The molecule has 0 amide bonds. The Hall–Kier alpha value is -2.20. The van der Waals surface area contributed by atoms with E-state index in [0.717, 1.165) is 5.69 Å². The first-order valence-electron chi connectivity index (χ1n) is 6.19. The average Bonchev–Trinajstić information content (AvgIpc) is 2.38. The van der Waals surface area contributed by atoms with Crippen molar-refractivity contribution in [3.05, 3.63) is 63.3 Å². The molecule has 5 heteroatoms. The lowest BCUT2D eigenvalue weighted by Gasteiger charge is -2.10. The Morgan fingerprint density at radius 1 is 1.10 bits per heavy atom. The summed E-state index contributed by atoms with van der Waals surface area (Å²) in [5.74, 6) is 1.17. The monoisotopic (exact) mass is 285 g/mol. The molecule has 0 aliphatic carbocycles. The highest BCUT2D eigenvalue weighted by Crippen LogP contribution is 2.16. The van der Waals surface area contributed by atoms with E-state index in [0.29, 0.717) is 27.6 Å². The first-order chi connectivity index (χ1) is 9.56. The maximum Gasteiger partial charge on any atom is 0.267 e. The van der Waals surface area contributed by atoms with Crippen LogP contribution in [-0.2, 0) is 0 Å². The van der Waals surface area contributed by atoms with Crippen LogP contribution in [0.3, 0.4) is 0 Å². The van der Waals surface area contributed by atoms with E-state index in [1.165, 1.54) is 4.57 Å². The van der Waals surface area contributed by atoms with Gasteiger partial charge in [0.25, 0.3) is 5.56 Å². The van der Waals surface area contributed by atoms with Crippen LogP contribution in [0.2, 0.25) is 5.02 Å². The van der Waals surface area contributed by atoms with Gasteiger partial charge in [0.15, 0.2) is 0 Å². The maximum absolute atomic E-state index is 12.6. The van der Waals surface area contributed by atoms with Crippen molar-refractivity contribution in [3.8, 4) is 5.82 Å². The van der Waals surface area contributed by atoms with Crippen LogP contribution in [0.25, 0.3) is 16.7 Å². The molecule has 20 heavy (non-hydrogen) atoms. The molecule has 1 aromatic carbocycles. The number of pyridine rings is 1. The Morgan fingerprint density at radius 3 is 2.65 bits per heavy atom. The molecular weight excluding hydrogens is 274 g/mol. The van der Waals surface area contributed by atoms with E-state index in [4.69, 9.17) is 11.6 Å². The fourth-order valence-corrected chi connectivity index (χ4v) is 2.36. The van der Waals surface area contributed by atoms with E-state index in [-0.39, 0.29) is 5.56 Å². The third-order valence-corrected chi connectivity index (χ3v) is 3.34. The summed E-state index contributed by atoms with van der Waals surface area (Å²) in [5, 5.41) is 1.10. The van der Waals surface area contributed by atoms with Gasteiger partial charge >= 0.3 is 0 Å². The van der Waals surface area contributed by atoms with Crippen LogP contribution >= 0.6 is 11.6 Å². The Morgan fingerprint density at radius 2 is 1.90 bits per heavy atom. The van der Waals surface area contributed by atoms with Crippen molar-refractivity contribution in [3.63, 3.8) is 0 Å². The lowest BCUT2D eigenvalue weighted by Crippen LogP contribution is -2.23. The van der Waals surface area contributed by atoms with Crippen molar-refractivity contribution in [1.29, 1.82) is 0 Å². The zero-order valence-electron chi connectivity index (χ0n) is 11.1. The first kappa shape index (κ1) is 12.8. The highest BCUT2D eigenvalue weighted by atomic mass is 35.5. The fourth-order valence-electron chi connectivity index (χ4n) is 2.19. The van der Waals surface area contributed by atoms with E-state index in [1.54, 1.807) is 31.2 Å². The van der Waals surface area contributed by atoms with Gasteiger partial charge < -0.3 is 0 Å². The van der Waals surface area contributed by atoms with Gasteiger partial charge in [-0.2, -0.15) is 0 Å². The van der Waals surface area contributed by atoms with E-state index < -0.39 is 0 Å². The van der Waals surface area contributed by atoms with Gasteiger partial charge in [-0.25, -0.2) is 14.5 Å². The molecule has 0 atom stereocenters. The van der Waals surface area contributed by atoms with Crippen molar-refractivity contribution in [2.24, 2.45) is 0 Å². The second kappa shape index (κ2) is 4.72.